The maximum absolute atomic E-state index is 13.7. The molecule has 0 spiro atoms. The van der Waals surface area contributed by atoms with Crippen LogP contribution in [0.5, 0.6) is 0 Å². The number of amides is 1. The molecule has 1 aromatic carbocycles. The van der Waals surface area contributed by atoms with E-state index in [0.29, 0.717) is 43.7 Å². The van der Waals surface area contributed by atoms with Crippen LogP contribution in [-0.2, 0) is 15.0 Å². The van der Waals surface area contributed by atoms with Gasteiger partial charge in [0, 0.05) is 13.1 Å². The first kappa shape index (κ1) is 18.2. The largest absolute Gasteiger partial charge is 0.481 e. The van der Waals surface area contributed by atoms with E-state index in [-0.39, 0.29) is 16.7 Å². The second-order valence-electron chi connectivity index (χ2n) is 10.3. The van der Waals surface area contributed by atoms with Crippen LogP contribution in [0.3, 0.4) is 0 Å². The number of hydrogen-bond acceptors (Lipinski definition) is 2. The highest BCUT2D eigenvalue weighted by molar-refractivity contribution is 5.84. The van der Waals surface area contributed by atoms with Crippen molar-refractivity contribution in [2.24, 2.45) is 23.2 Å². The molecular weight excluding hydrogens is 350 g/mol. The van der Waals surface area contributed by atoms with Crippen LogP contribution < -0.4 is 0 Å². The zero-order valence-corrected chi connectivity index (χ0v) is 16.8. The Morgan fingerprint density at radius 2 is 1.61 bits per heavy atom. The number of carbonyl (C=O) groups is 2. The lowest BCUT2D eigenvalue weighted by molar-refractivity contribution is -0.163. The Morgan fingerprint density at radius 3 is 2.18 bits per heavy atom. The van der Waals surface area contributed by atoms with Gasteiger partial charge in [0.2, 0.25) is 5.91 Å². The third kappa shape index (κ3) is 2.79. The van der Waals surface area contributed by atoms with Crippen LogP contribution in [0, 0.1) is 30.1 Å². The maximum atomic E-state index is 13.7. The third-order valence-corrected chi connectivity index (χ3v) is 8.31. The molecule has 2 atom stereocenters. The Kier molecular flexibility index (Phi) is 4.12. The van der Waals surface area contributed by atoms with Crippen LogP contribution in [0.1, 0.15) is 62.5 Å². The molecule has 1 aliphatic heterocycles. The summed E-state index contributed by atoms with van der Waals surface area (Å²) in [4.78, 5) is 27.0. The Labute approximate surface area is 167 Å². The van der Waals surface area contributed by atoms with Crippen LogP contribution >= 0.6 is 0 Å². The summed E-state index contributed by atoms with van der Waals surface area (Å²) >= 11 is 0. The zero-order valence-electron chi connectivity index (χ0n) is 16.8. The number of hydrogen-bond donors (Lipinski definition) is 1. The highest BCUT2D eigenvalue weighted by atomic mass is 16.4. The number of aliphatic carboxylic acids is 1. The molecule has 1 N–H and O–H groups in total. The van der Waals surface area contributed by atoms with E-state index in [9.17, 15) is 14.7 Å². The number of carboxylic acids is 1. The Balaban J connectivity index is 1.41. The van der Waals surface area contributed by atoms with Crippen molar-refractivity contribution in [3.8, 4) is 0 Å². The van der Waals surface area contributed by atoms with Gasteiger partial charge >= 0.3 is 5.97 Å². The van der Waals surface area contributed by atoms with Crippen molar-refractivity contribution in [1.82, 2.24) is 4.90 Å². The fourth-order valence-electron chi connectivity index (χ4n) is 7.42. The van der Waals surface area contributed by atoms with Gasteiger partial charge in [-0.1, -0.05) is 29.8 Å². The molecule has 150 valence electrons. The summed E-state index contributed by atoms with van der Waals surface area (Å²) in [5, 5.41) is 9.27. The van der Waals surface area contributed by atoms with Crippen LogP contribution in [0.4, 0.5) is 0 Å². The van der Waals surface area contributed by atoms with Gasteiger partial charge in [-0.25, -0.2) is 0 Å². The van der Waals surface area contributed by atoms with Gasteiger partial charge in [0.25, 0.3) is 0 Å². The van der Waals surface area contributed by atoms with Gasteiger partial charge in [0.15, 0.2) is 0 Å². The molecule has 5 aliphatic rings. The van der Waals surface area contributed by atoms with Gasteiger partial charge in [-0.15, -0.1) is 0 Å². The molecule has 4 heteroatoms. The molecule has 2 unspecified atom stereocenters. The summed E-state index contributed by atoms with van der Waals surface area (Å²) in [5.74, 6) is 0.688. The van der Waals surface area contributed by atoms with E-state index in [4.69, 9.17) is 0 Å². The monoisotopic (exact) mass is 381 g/mol. The van der Waals surface area contributed by atoms with Gasteiger partial charge in [-0.2, -0.15) is 0 Å². The van der Waals surface area contributed by atoms with Crippen molar-refractivity contribution in [2.45, 2.75) is 63.7 Å². The molecule has 1 aromatic rings. The van der Waals surface area contributed by atoms with Crippen LogP contribution in [0.15, 0.2) is 24.3 Å². The number of rotatable bonds is 3. The van der Waals surface area contributed by atoms with Gasteiger partial charge < -0.3 is 10.0 Å². The highest BCUT2D eigenvalue weighted by Crippen LogP contribution is 2.66. The van der Waals surface area contributed by atoms with Crippen LogP contribution in [0.25, 0.3) is 0 Å². The lowest BCUT2D eigenvalue weighted by Gasteiger charge is -2.62. The average Bonchev–Trinajstić information content (AvgIpc) is 2.67. The topological polar surface area (TPSA) is 57.6 Å². The first-order chi connectivity index (χ1) is 13.4. The molecule has 4 nitrogen and oxygen atoms in total. The minimum absolute atomic E-state index is 0.173. The average molecular weight is 382 g/mol. The van der Waals surface area contributed by atoms with Crippen molar-refractivity contribution in [2.75, 3.05) is 13.1 Å². The van der Waals surface area contributed by atoms with Crippen molar-refractivity contribution in [3.63, 3.8) is 0 Å². The van der Waals surface area contributed by atoms with E-state index in [1.54, 1.807) is 0 Å². The molecular formula is C24H31NO3. The summed E-state index contributed by atoms with van der Waals surface area (Å²) in [6.45, 7) is 3.37. The Hall–Kier alpha value is -1.84. The van der Waals surface area contributed by atoms with E-state index >= 15 is 0 Å². The second-order valence-corrected chi connectivity index (χ2v) is 10.3. The van der Waals surface area contributed by atoms with Gasteiger partial charge in [-0.3, -0.25) is 9.59 Å². The van der Waals surface area contributed by atoms with Crippen molar-refractivity contribution in [1.29, 1.82) is 0 Å². The molecule has 28 heavy (non-hydrogen) atoms. The van der Waals surface area contributed by atoms with Crippen LogP contribution in [0.2, 0.25) is 0 Å². The lowest BCUT2D eigenvalue weighted by atomic mass is 9.42. The molecule has 1 heterocycles. The standard InChI is InChI=1S/C24H31NO3/c1-16-2-4-20(5-3-16)23-11-17-10-18(12-23)14-24(13-17,15-23)22(28)25-8-6-19(7-9-25)21(26)27/h2-5,17-19H,6-15H2,1H3,(H,26,27). The van der Waals surface area contributed by atoms with Crippen molar-refractivity contribution >= 4 is 11.9 Å². The summed E-state index contributed by atoms with van der Waals surface area (Å²) in [6, 6.07) is 9.05. The number of aryl methyl sites for hydroxylation is 1. The van der Waals surface area contributed by atoms with E-state index < -0.39 is 5.97 Å². The van der Waals surface area contributed by atoms with Crippen molar-refractivity contribution in [3.05, 3.63) is 35.4 Å². The lowest BCUT2D eigenvalue weighted by Crippen LogP contribution is -2.60. The Bertz CT molecular complexity index is 777. The molecule has 0 aromatic heterocycles. The zero-order chi connectivity index (χ0) is 19.5. The molecule has 5 fully saturated rings. The predicted molar refractivity (Wildman–Crippen MR) is 107 cm³/mol. The highest BCUT2D eigenvalue weighted by Gasteiger charge is 2.61. The van der Waals surface area contributed by atoms with Gasteiger partial charge in [-0.05, 0) is 81.1 Å². The van der Waals surface area contributed by atoms with Crippen LogP contribution in [-0.4, -0.2) is 35.0 Å². The molecule has 0 radical (unpaired) electrons. The Morgan fingerprint density at radius 1 is 1.00 bits per heavy atom. The molecule has 1 saturated heterocycles. The van der Waals surface area contributed by atoms with E-state index in [0.717, 1.165) is 19.3 Å². The summed E-state index contributed by atoms with van der Waals surface area (Å²) in [5.41, 5.74) is 2.70. The van der Waals surface area contributed by atoms with E-state index in [1.807, 2.05) is 4.90 Å². The number of likely N-dealkylation sites (tertiary alicyclic amines) is 1. The SMILES string of the molecule is Cc1ccc(C23CC4CC(CC(C(=O)N5CCC(C(=O)O)CC5)(C4)C2)C3)cc1. The summed E-state index contributed by atoms with van der Waals surface area (Å²) in [6.07, 6.45) is 8.08. The third-order valence-electron chi connectivity index (χ3n) is 8.31. The molecule has 1 amide bonds. The predicted octanol–water partition coefficient (Wildman–Crippen LogP) is 4.16. The minimum atomic E-state index is -0.708. The fourth-order valence-corrected chi connectivity index (χ4v) is 7.42. The quantitative estimate of drug-likeness (QED) is 0.855. The molecule has 6 rings (SSSR count). The molecule has 4 aliphatic carbocycles. The first-order valence-electron chi connectivity index (χ1n) is 11.0. The number of benzene rings is 1. The molecule has 4 bridgehead atoms. The summed E-state index contributed by atoms with van der Waals surface area (Å²) < 4.78 is 0. The summed E-state index contributed by atoms with van der Waals surface area (Å²) in [7, 11) is 0. The number of carbonyl (C=O) groups excluding carboxylic acids is 1. The van der Waals surface area contributed by atoms with E-state index in [2.05, 4.69) is 31.2 Å². The number of piperidine rings is 1. The minimum Gasteiger partial charge on any atom is -0.481 e. The molecule has 4 saturated carbocycles. The van der Waals surface area contributed by atoms with Gasteiger partial charge in [0.05, 0.1) is 11.3 Å². The number of carboxylic acid groups (broad SMARTS) is 1. The number of nitrogens with zero attached hydrogens (tertiary/aromatic N) is 1. The maximum Gasteiger partial charge on any atom is 0.306 e. The van der Waals surface area contributed by atoms with Crippen molar-refractivity contribution < 1.29 is 14.7 Å². The smallest absolute Gasteiger partial charge is 0.306 e. The first-order valence-corrected chi connectivity index (χ1v) is 11.0. The fraction of sp³-hybridized carbons (Fsp3) is 0.667. The van der Waals surface area contributed by atoms with Gasteiger partial charge in [0.1, 0.15) is 0 Å². The van der Waals surface area contributed by atoms with E-state index in [1.165, 1.54) is 30.4 Å². The normalized spacial score (nSPS) is 37.2. The second kappa shape index (κ2) is 6.33.